The molecule has 0 aliphatic heterocycles. The lowest BCUT2D eigenvalue weighted by Crippen LogP contribution is -2.04. The van der Waals surface area contributed by atoms with Gasteiger partial charge in [0, 0.05) is 11.4 Å². The van der Waals surface area contributed by atoms with Crippen LogP contribution in [-0.2, 0) is 16.0 Å². The van der Waals surface area contributed by atoms with Gasteiger partial charge in [-0.05, 0) is 6.07 Å². The predicted molar refractivity (Wildman–Crippen MR) is 71.9 cm³/mol. The zero-order chi connectivity index (χ0) is 13.7. The molecule has 2 aromatic heterocycles. The molecule has 0 saturated heterocycles. The number of aromatic nitrogens is 2. The van der Waals surface area contributed by atoms with Gasteiger partial charge in [-0.25, -0.2) is 9.97 Å². The van der Waals surface area contributed by atoms with Gasteiger partial charge in [0.25, 0.3) is 0 Å². The van der Waals surface area contributed by atoms with E-state index in [1.807, 2.05) is 11.4 Å². The first-order valence-corrected chi connectivity index (χ1v) is 6.37. The van der Waals surface area contributed by atoms with Crippen molar-refractivity contribution in [3.63, 3.8) is 0 Å². The standard InChI is InChI=1S/C12H13N3O3S/c1-17-10-4-3-8(6-13-10)14-12-15-9(7-19-12)5-11(16)18-2/h3-4,6-7H,5H2,1-2H3,(H,14,15). The van der Waals surface area contributed by atoms with E-state index in [0.717, 1.165) is 5.69 Å². The molecular weight excluding hydrogens is 266 g/mol. The summed E-state index contributed by atoms with van der Waals surface area (Å²) in [7, 11) is 2.92. The summed E-state index contributed by atoms with van der Waals surface area (Å²) in [6.45, 7) is 0. The minimum atomic E-state index is -0.303. The predicted octanol–water partition coefficient (Wildman–Crippen LogP) is 2.01. The van der Waals surface area contributed by atoms with Crippen LogP contribution in [0.4, 0.5) is 10.8 Å². The molecule has 19 heavy (non-hydrogen) atoms. The SMILES string of the molecule is COC(=O)Cc1csc(Nc2ccc(OC)nc2)n1. The van der Waals surface area contributed by atoms with E-state index < -0.39 is 0 Å². The monoisotopic (exact) mass is 279 g/mol. The molecule has 100 valence electrons. The molecule has 0 fully saturated rings. The third-order valence-electron chi connectivity index (χ3n) is 2.30. The van der Waals surface area contributed by atoms with E-state index in [0.29, 0.717) is 16.7 Å². The van der Waals surface area contributed by atoms with Crippen LogP contribution in [0.5, 0.6) is 5.88 Å². The Balaban J connectivity index is 2.00. The maximum atomic E-state index is 11.1. The molecule has 2 aromatic rings. The minimum absolute atomic E-state index is 0.176. The van der Waals surface area contributed by atoms with Gasteiger partial charge in [-0.15, -0.1) is 11.3 Å². The summed E-state index contributed by atoms with van der Waals surface area (Å²) in [5, 5.41) is 5.62. The Bertz CT molecular complexity index is 554. The third kappa shape index (κ3) is 3.65. The van der Waals surface area contributed by atoms with Crippen LogP contribution in [-0.4, -0.2) is 30.2 Å². The fourth-order valence-electron chi connectivity index (χ4n) is 1.36. The summed E-state index contributed by atoms with van der Waals surface area (Å²) in [6, 6.07) is 3.60. The fourth-order valence-corrected chi connectivity index (χ4v) is 2.09. The van der Waals surface area contributed by atoms with E-state index in [-0.39, 0.29) is 12.4 Å². The lowest BCUT2D eigenvalue weighted by Gasteiger charge is -2.02. The highest BCUT2D eigenvalue weighted by atomic mass is 32.1. The van der Waals surface area contributed by atoms with E-state index in [1.165, 1.54) is 18.4 Å². The van der Waals surface area contributed by atoms with Gasteiger partial charge in [0.2, 0.25) is 5.88 Å². The van der Waals surface area contributed by atoms with Crippen LogP contribution in [0, 0.1) is 0 Å². The summed E-state index contributed by atoms with van der Waals surface area (Å²) in [6.07, 6.45) is 1.83. The molecular formula is C12H13N3O3S. The average molecular weight is 279 g/mol. The summed E-state index contributed by atoms with van der Waals surface area (Å²) >= 11 is 1.42. The maximum Gasteiger partial charge on any atom is 0.311 e. The summed E-state index contributed by atoms with van der Waals surface area (Å²) in [4.78, 5) is 19.5. The first-order chi connectivity index (χ1) is 9.21. The fraction of sp³-hybridized carbons (Fsp3) is 0.250. The van der Waals surface area contributed by atoms with Gasteiger partial charge >= 0.3 is 5.97 Å². The Morgan fingerprint density at radius 3 is 2.89 bits per heavy atom. The van der Waals surface area contributed by atoms with Gasteiger partial charge in [-0.3, -0.25) is 4.79 Å². The second-order valence-corrected chi connectivity index (χ2v) is 4.47. The van der Waals surface area contributed by atoms with Gasteiger partial charge in [-0.2, -0.15) is 0 Å². The highest BCUT2D eigenvalue weighted by molar-refractivity contribution is 7.13. The van der Waals surface area contributed by atoms with Gasteiger partial charge in [0.1, 0.15) is 0 Å². The number of nitrogens with one attached hydrogen (secondary N) is 1. The van der Waals surface area contributed by atoms with E-state index in [2.05, 4.69) is 20.0 Å². The molecule has 1 N–H and O–H groups in total. The number of hydrogen-bond acceptors (Lipinski definition) is 7. The van der Waals surface area contributed by atoms with Crippen LogP contribution < -0.4 is 10.1 Å². The van der Waals surface area contributed by atoms with E-state index >= 15 is 0 Å². The summed E-state index contributed by atoms with van der Waals surface area (Å²) in [5.41, 5.74) is 1.49. The minimum Gasteiger partial charge on any atom is -0.481 e. The molecule has 0 aliphatic rings. The number of ether oxygens (including phenoxy) is 2. The summed E-state index contributed by atoms with van der Waals surface area (Å²) < 4.78 is 9.56. The molecule has 6 nitrogen and oxygen atoms in total. The Kier molecular flexibility index (Phi) is 4.30. The number of pyridine rings is 1. The Labute approximate surface area is 114 Å². The molecule has 0 spiro atoms. The van der Waals surface area contributed by atoms with Crippen molar-refractivity contribution in [2.75, 3.05) is 19.5 Å². The van der Waals surface area contributed by atoms with Gasteiger partial charge < -0.3 is 14.8 Å². The molecule has 7 heteroatoms. The molecule has 0 radical (unpaired) electrons. The topological polar surface area (TPSA) is 73.3 Å². The number of hydrogen-bond donors (Lipinski definition) is 1. The number of anilines is 2. The zero-order valence-electron chi connectivity index (χ0n) is 10.5. The molecule has 0 unspecified atom stereocenters. The van der Waals surface area contributed by atoms with E-state index in [1.54, 1.807) is 19.4 Å². The lowest BCUT2D eigenvalue weighted by atomic mass is 10.3. The van der Waals surface area contributed by atoms with Crippen molar-refractivity contribution in [3.8, 4) is 5.88 Å². The average Bonchev–Trinajstić information content (AvgIpc) is 2.86. The number of carbonyl (C=O) groups excluding carboxylic acids is 1. The zero-order valence-corrected chi connectivity index (χ0v) is 11.4. The smallest absolute Gasteiger partial charge is 0.311 e. The number of esters is 1. The molecule has 0 atom stereocenters. The third-order valence-corrected chi connectivity index (χ3v) is 3.11. The highest BCUT2D eigenvalue weighted by Gasteiger charge is 2.07. The number of carbonyl (C=O) groups is 1. The van der Waals surface area contributed by atoms with Crippen molar-refractivity contribution in [1.82, 2.24) is 9.97 Å². The van der Waals surface area contributed by atoms with Crippen molar-refractivity contribution >= 4 is 28.1 Å². The van der Waals surface area contributed by atoms with E-state index in [4.69, 9.17) is 4.74 Å². The molecule has 0 amide bonds. The van der Waals surface area contributed by atoms with Crippen molar-refractivity contribution in [2.45, 2.75) is 6.42 Å². The van der Waals surface area contributed by atoms with Crippen LogP contribution in [0.2, 0.25) is 0 Å². The Morgan fingerprint density at radius 1 is 1.42 bits per heavy atom. The van der Waals surface area contributed by atoms with Gasteiger partial charge in [0.15, 0.2) is 5.13 Å². The van der Waals surface area contributed by atoms with Crippen molar-refractivity contribution < 1.29 is 14.3 Å². The van der Waals surface area contributed by atoms with Crippen LogP contribution in [0.25, 0.3) is 0 Å². The maximum absolute atomic E-state index is 11.1. The number of methoxy groups -OCH3 is 2. The van der Waals surface area contributed by atoms with Crippen LogP contribution in [0.1, 0.15) is 5.69 Å². The van der Waals surface area contributed by atoms with Crippen molar-refractivity contribution in [1.29, 1.82) is 0 Å². The van der Waals surface area contributed by atoms with Gasteiger partial charge in [0.05, 0.1) is 38.2 Å². The highest BCUT2D eigenvalue weighted by Crippen LogP contribution is 2.21. The largest absolute Gasteiger partial charge is 0.481 e. The number of nitrogens with zero attached hydrogens (tertiary/aromatic N) is 2. The van der Waals surface area contributed by atoms with Crippen molar-refractivity contribution in [3.05, 3.63) is 29.4 Å². The first-order valence-electron chi connectivity index (χ1n) is 5.49. The van der Waals surface area contributed by atoms with Crippen LogP contribution in [0.3, 0.4) is 0 Å². The van der Waals surface area contributed by atoms with E-state index in [9.17, 15) is 4.79 Å². The summed E-state index contributed by atoms with van der Waals surface area (Å²) in [5.74, 6) is 0.249. The van der Waals surface area contributed by atoms with Gasteiger partial charge in [-0.1, -0.05) is 0 Å². The molecule has 0 bridgehead atoms. The molecule has 0 aromatic carbocycles. The normalized spacial score (nSPS) is 10.0. The second-order valence-electron chi connectivity index (χ2n) is 3.61. The lowest BCUT2D eigenvalue weighted by molar-refractivity contribution is -0.139. The van der Waals surface area contributed by atoms with Crippen LogP contribution >= 0.6 is 11.3 Å². The molecule has 0 saturated carbocycles. The van der Waals surface area contributed by atoms with Crippen molar-refractivity contribution in [2.24, 2.45) is 0 Å². The molecule has 2 rings (SSSR count). The van der Waals surface area contributed by atoms with Crippen LogP contribution in [0.15, 0.2) is 23.7 Å². The first kappa shape index (κ1) is 13.3. The second kappa shape index (κ2) is 6.14. The quantitative estimate of drug-likeness (QED) is 0.844. The Morgan fingerprint density at radius 2 is 2.26 bits per heavy atom. The Hall–Kier alpha value is -2.15. The number of rotatable bonds is 5. The number of thiazole rings is 1. The molecule has 0 aliphatic carbocycles. The molecule has 2 heterocycles.